The summed E-state index contributed by atoms with van der Waals surface area (Å²) in [5.41, 5.74) is 1.28. The van der Waals surface area contributed by atoms with Crippen LogP contribution in [0.3, 0.4) is 0 Å². The Morgan fingerprint density at radius 3 is 2.79 bits per heavy atom. The molecule has 24 heavy (non-hydrogen) atoms. The van der Waals surface area contributed by atoms with Gasteiger partial charge in [0.05, 0.1) is 7.11 Å². The van der Waals surface area contributed by atoms with Crippen LogP contribution in [0, 0.1) is 6.92 Å². The Bertz CT molecular complexity index is 705. The first-order valence-corrected chi connectivity index (χ1v) is 7.55. The van der Waals surface area contributed by atoms with E-state index in [0.29, 0.717) is 30.5 Å². The van der Waals surface area contributed by atoms with Gasteiger partial charge in [0.15, 0.2) is 0 Å². The molecule has 0 bridgehead atoms. The number of ether oxygens (including phenoxy) is 1. The van der Waals surface area contributed by atoms with E-state index in [1.165, 1.54) is 7.11 Å². The Labute approximate surface area is 141 Å². The topological polar surface area (TPSA) is 92.3 Å². The number of amides is 1. The lowest BCUT2D eigenvalue weighted by Crippen LogP contribution is -2.29. The fourth-order valence-electron chi connectivity index (χ4n) is 2.03. The molecule has 0 aliphatic carbocycles. The van der Waals surface area contributed by atoms with Crippen LogP contribution in [-0.4, -0.2) is 55.2 Å². The van der Waals surface area contributed by atoms with Crippen molar-refractivity contribution in [2.75, 3.05) is 44.5 Å². The van der Waals surface area contributed by atoms with Crippen molar-refractivity contribution in [3.05, 3.63) is 35.7 Å². The number of hydrogen-bond donors (Lipinski definition) is 2. The van der Waals surface area contributed by atoms with Crippen LogP contribution in [0.5, 0.6) is 5.88 Å². The molecule has 0 atom stereocenters. The maximum atomic E-state index is 12.1. The highest BCUT2D eigenvalue weighted by Gasteiger charge is 2.12. The molecule has 2 aromatic heterocycles. The largest absolute Gasteiger partial charge is 0.480 e. The molecule has 2 heterocycles. The predicted octanol–water partition coefficient (Wildman–Crippen LogP) is 1.10. The molecule has 0 unspecified atom stereocenters. The van der Waals surface area contributed by atoms with Crippen molar-refractivity contribution < 1.29 is 9.53 Å². The Hall–Kier alpha value is -2.90. The molecule has 0 aliphatic rings. The molecule has 0 aliphatic heterocycles. The number of carbonyl (C=O) groups is 1. The van der Waals surface area contributed by atoms with Gasteiger partial charge in [0.1, 0.15) is 11.4 Å². The average molecular weight is 330 g/mol. The van der Waals surface area contributed by atoms with Gasteiger partial charge < -0.3 is 20.3 Å². The molecule has 0 fully saturated rings. The van der Waals surface area contributed by atoms with Gasteiger partial charge in [0, 0.05) is 45.1 Å². The minimum atomic E-state index is -0.235. The molecule has 0 radical (unpaired) electrons. The maximum absolute atomic E-state index is 12.1. The summed E-state index contributed by atoms with van der Waals surface area (Å²) in [6, 6.07) is 5.27. The van der Waals surface area contributed by atoms with Gasteiger partial charge in [-0.05, 0) is 19.1 Å². The lowest BCUT2D eigenvalue weighted by Gasteiger charge is -2.14. The molecule has 0 saturated heterocycles. The Kier molecular flexibility index (Phi) is 5.89. The second-order valence-corrected chi connectivity index (χ2v) is 5.33. The zero-order chi connectivity index (χ0) is 17.5. The SMILES string of the molecule is COc1ncccc1C(=O)NCCNc1nc(C)cc(N(C)C)n1. The van der Waals surface area contributed by atoms with Crippen LogP contribution < -0.4 is 20.3 Å². The first-order valence-electron chi connectivity index (χ1n) is 7.55. The highest BCUT2D eigenvalue weighted by atomic mass is 16.5. The Morgan fingerprint density at radius 2 is 2.08 bits per heavy atom. The summed E-state index contributed by atoms with van der Waals surface area (Å²) in [7, 11) is 5.33. The van der Waals surface area contributed by atoms with Gasteiger partial charge in [0.2, 0.25) is 11.8 Å². The molecule has 128 valence electrons. The lowest BCUT2D eigenvalue weighted by molar-refractivity contribution is 0.0951. The van der Waals surface area contributed by atoms with Gasteiger partial charge in [-0.2, -0.15) is 4.98 Å². The molecule has 0 saturated carbocycles. The number of hydrogen-bond acceptors (Lipinski definition) is 7. The van der Waals surface area contributed by atoms with Crippen LogP contribution in [0.15, 0.2) is 24.4 Å². The van der Waals surface area contributed by atoms with Crippen LogP contribution in [0.1, 0.15) is 16.1 Å². The number of nitrogens with zero attached hydrogens (tertiary/aromatic N) is 4. The summed E-state index contributed by atoms with van der Waals surface area (Å²) in [5.74, 6) is 1.43. The van der Waals surface area contributed by atoms with Crippen molar-refractivity contribution in [3.8, 4) is 5.88 Å². The van der Waals surface area contributed by atoms with Gasteiger partial charge in [-0.1, -0.05) is 0 Å². The predicted molar refractivity (Wildman–Crippen MR) is 92.7 cm³/mol. The summed E-state index contributed by atoms with van der Waals surface area (Å²) in [6.45, 7) is 2.84. The molecule has 8 heteroatoms. The normalized spacial score (nSPS) is 10.2. The molecule has 2 N–H and O–H groups in total. The van der Waals surface area contributed by atoms with E-state index in [-0.39, 0.29) is 5.91 Å². The third-order valence-electron chi connectivity index (χ3n) is 3.20. The number of aromatic nitrogens is 3. The summed E-state index contributed by atoms with van der Waals surface area (Å²) >= 11 is 0. The standard InChI is InChI=1S/C16H22N6O2/c1-11-10-13(22(2)3)21-16(20-11)19-9-8-17-14(23)12-6-5-7-18-15(12)24-4/h5-7,10H,8-9H2,1-4H3,(H,17,23)(H,19,20,21). The summed E-state index contributed by atoms with van der Waals surface area (Å²) in [5, 5.41) is 5.91. The number of methoxy groups -OCH3 is 1. The molecule has 2 rings (SSSR count). The monoisotopic (exact) mass is 330 g/mol. The summed E-state index contributed by atoms with van der Waals surface area (Å²) in [6.07, 6.45) is 1.58. The van der Waals surface area contributed by atoms with E-state index in [1.807, 2.05) is 32.0 Å². The van der Waals surface area contributed by atoms with Crippen molar-refractivity contribution in [2.45, 2.75) is 6.92 Å². The van der Waals surface area contributed by atoms with Gasteiger partial charge >= 0.3 is 0 Å². The zero-order valence-electron chi connectivity index (χ0n) is 14.3. The third-order valence-corrected chi connectivity index (χ3v) is 3.20. The van der Waals surface area contributed by atoms with Crippen molar-refractivity contribution in [2.24, 2.45) is 0 Å². The van der Waals surface area contributed by atoms with E-state index < -0.39 is 0 Å². The van der Waals surface area contributed by atoms with E-state index in [9.17, 15) is 4.79 Å². The second kappa shape index (κ2) is 8.09. The van der Waals surface area contributed by atoms with Crippen LogP contribution >= 0.6 is 0 Å². The van der Waals surface area contributed by atoms with Gasteiger partial charge in [-0.3, -0.25) is 4.79 Å². The first kappa shape index (κ1) is 17.5. The van der Waals surface area contributed by atoms with Crippen LogP contribution in [-0.2, 0) is 0 Å². The maximum Gasteiger partial charge on any atom is 0.256 e. The summed E-state index contributed by atoms with van der Waals surface area (Å²) < 4.78 is 5.08. The lowest BCUT2D eigenvalue weighted by atomic mass is 10.2. The number of pyridine rings is 1. The molecule has 0 aromatic carbocycles. The molecule has 1 amide bonds. The van der Waals surface area contributed by atoms with E-state index in [0.717, 1.165) is 11.5 Å². The van der Waals surface area contributed by atoms with E-state index in [4.69, 9.17) is 4.74 Å². The van der Waals surface area contributed by atoms with Crippen LogP contribution in [0.25, 0.3) is 0 Å². The van der Waals surface area contributed by atoms with Crippen molar-refractivity contribution >= 4 is 17.7 Å². The first-order chi connectivity index (χ1) is 11.5. The number of rotatable bonds is 7. The van der Waals surface area contributed by atoms with Gasteiger partial charge in [-0.15, -0.1) is 0 Å². The fourth-order valence-corrected chi connectivity index (χ4v) is 2.03. The van der Waals surface area contributed by atoms with Gasteiger partial charge in [0.25, 0.3) is 5.91 Å². The minimum Gasteiger partial charge on any atom is -0.480 e. The zero-order valence-corrected chi connectivity index (χ0v) is 14.3. The molecule has 0 spiro atoms. The highest BCUT2D eigenvalue weighted by molar-refractivity contribution is 5.96. The second-order valence-electron chi connectivity index (χ2n) is 5.33. The number of carbonyl (C=O) groups excluding carboxylic acids is 1. The smallest absolute Gasteiger partial charge is 0.256 e. The molecular weight excluding hydrogens is 308 g/mol. The summed E-state index contributed by atoms with van der Waals surface area (Å²) in [4.78, 5) is 26.8. The van der Waals surface area contributed by atoms with Gasteiger partial charge in [-0.25, -0.2) is 9.97 Å². The van der Waals surface area contributed by atoms with E-state index in [1.54, 1.807) is 18.3 Å². The highest BCUT2D eigenvalue weighted by Crippen LogP contribution is 2.13. The van der Waals surface area contributed by atoms with Crippen molar-refractivity contribution in [1.29, 1.82) is 0 Å². The van der Waals surface area contributed by atoms with Crippen LogP contribution in [0.4, 0.5) is 11.8 Å². The van der Waals surface area contributed by atoms with Crippen LogP contribution in [0.2, 0.25) is 0 Å². The fraction of sp³-hybridized carbons (Fsp3) is 0.375. The molecular formula is C16H22N6O2. The quantitative estimate of drug-likeness (QED) is 0.734. The van der Waals surface area contributed by atoms with Crippen molar-refractivity contribution in [3.63, 3.8) is 0 Å². The average Bonchev–Trinajstić information content (AvgIpc) is 2.58. The number of aryl methyl sites for hydroxylation is 1. The molecule has 8 nitrogen and oxygen atoms in total. The Morgan fingerprint density at radius 1 is 1.29 bits per heavy atom. The third kappa shape index (κ3) is 4.55. The number of nitrogens with one attached hydrogen (secondary N) is 2. The molecule has 2 aromatic rings. The van der Waals surface area contributed by atoms with Crippen molar-refractivity contribution in [1.82, 2.24) is 20.3 Å². The Balaban J connectivity index is 1.88. The van der Waals surface area contributed by atoms with E-state index in [2.05, 4.69) is 25.6 Å². The van der Waals surface area contributed by atoms with E-state index >= 15 is 0 Å². The number of anilines is 2. The minimum absolute atomic E-state index is 0.235.